The zero-order valence-electron chi connectivity index (χ0n) is 16.2. The molecule has 0 fully saturated rings. The average Bonchev–Trinajstić information content (AvgIpc) is 2.70. The maximum Gasteiger partial charge on any atom is 0.272 e. The molecule has 0 saturated heterocycles. The number of aryl methyl sites for hydroxylation is 1. The van der Waals surface area contributed by atoms with Gasteiger partial charge in [-0.2, -0.15) is 5.10 Å². The first kappa shape index (κ1) is 19.4. The minimum absolute atomic E-state index is 0.189. The molecule has 1 heterocycles. The van der Waals surface area contributed by atoms with Crippen LogP contribution in [0.1, 0.15) is 40.1 Å². The molecular weight excluding hydrogens is 354 g/mol. The maximum atomic E-state index is 12.7. The van der Waals surface area contributed by atoms with Crippen LogP contribution >= 0.6 is 0 Å². The van der Waals surface area contributed by atoms with E-state index in [4.69, 9.17) is 4.74 Å². The number of ether oxygens (including phenoxy) is 1. The summed E-state index contributed by atoms with van der Waals surface area (Å²) in [5, 5.41) is 7.16. The highest BCUT2D eigenvalue weighted by atomic mass is 16.5. The number of methoxy groups -OCH3 is 1. The molecule has 1 amide bonds. The first-order valence-corrected chi connectivity index (χ1v) is 9.05. The summed E-state index contributed by atoms with van der Waals surface area (Å²) in [7, 11) is 1.60. The van der Waals surface area contributed by atoms with Gasteiger partial charge in [0.15, 0.2) is 0 Å². The van der Waals surface area contributed by atoms with Crippen LogP contribution in [0.25, 0.3) is 0 Å². The Morgan fingerprint density at radius 2 is 1.89 bits per heavy atom. The van der Waals surface area contributed by atoms with E-state index in [1.165, 1.54) is 16.8 Å². The quantitative estimate of drug-likeness (QED) is 0.716. The summed E-state index contributed by atoms with van der Waals surface area (Å²) >= 11 is 0. The van der Waals surface area contributed by atoms with Gasteiger partial charge in [0.1, 0.15) is 11.4 Å². The number of benzene rings is 2. The van der Waals surface area contributed by atoms with E-state index in [1.54, 1.807) is 7.11 Å². The molecule has 6 nitrogen and oxygen atoms in total. The summed E-state index contributed by atoms with van der Waals surface area (Å²) in [6, 6.07) is 17.9. The minimum atomic E-state index is -0.349. The molecule has 0 aliphatic heterocycles. The zero-order chi connectivity index (χ0) is 20.1. The number of hydrogen-bond acceptors (Lipinski definition) is 4. The van der Waals surface area contributed by atoms with Crippen molar-refractivity contribution in [2.45, 2.75) is 26.4 Å². The molecule has 1 N–H and O–H groups in total. The van der Waals surface area contributed by atoms with Crippen LogP contribution < -0.4 is 15.6 Å². The van der Waals surface area contributed by atoms with Crippen molar-refractivity contribution in [3.05, 3.63) is 93.4 Å². The van der Waals surface area contributed by atoms with Crippen molar-refractivity contribution in [1.29, 1.82) is 0 Å². The van der Waals surface area contributed by atoms with Crippen molar-refractivity contribution in [2.24, 2.45) is 0 Å². The molecule has 2 aromatic carbocycles. The average molecular weight is 377 g/mol. The molecule has 1 unspecified atom stereocenters. The van der Waals surface area contributed by atoms with Crippen molar-refractivity contribution < 1.29 is 9.53 Å². The topological polar surface area (TPSA) is 73.2 Å². The number of rotatable bonds is 6. The Bertz CT molecular complexity index is 1030. The van der Waals surface area contributed by atoms with Crippen molar-refractivity contribution in [3.8, 4) is 5.75 Å². The first-order chi connectivity index (χ1) is 13.5. The smallest absolute Gasteiger partial charge is 0.272 e. The SMILES string of the molecule is COc1ccc(C)cc1C(C)NC(=O)c1ccc(=O)n(Cc2ccccc2)n1. The fourth-order valence-corrected chi connectivity index (χ4v) is 2.98. The second kappa shape index (κ2) is 8.52. The van der Waals surface area contributed by atoms with Gasteiger partial charge in [0, 0.05) is 11.6 Å². The van der Waals surface area contributed by atoms with E-state index in [0.717, 1.165) is 16.7 Å². The predicted octanol–water partition coefficient (Wildman–Crippen LogP) is 3.10. The Balaban J connectivity index is 1.80. The van der Waals surface area contributed by atoms with Crippen molar-refractivity contribution in [1.82, 2.24) is 15.1 Å². The summed E-state index contributed by atoms with van der Waals surface area (Å²) in [6.07, 6.45) is 0. The van der Waals surface area contributed by atoms with Crippen molar-refractivity contribution >= 4 is 5.91 Å². The highest BCUT2D eigenvalue weighted by Gasteiger charge is 2.17. The normalized spacial score (nSPS) is 11.7. The van der Waals surface area contributed by atoms with E-state index in [9.17, 15) is 9.59 Å². The summed E-state index contributed by atoms with van der Waals surface area (Å²) in [6.45, 7) is 4.18. The second-order valence-corrected chi connectivity index (χ2v) is 6.64. The number of hydrogen-bond donors (Lipinski definition) is 1. The third kappa shape index (κ3) is 4.46. The van der Waals surface area contributed by atoms with Gasteiger partial charge in [0.05, 0.1) is 19.7 Å². The molecular formula is C22H23N3O3. The molecule has 0 aliphatic carbocycles. The summed E-state index contributed by atoms with van der Waals surface area (Å²) in [5.74, 6) is 0.360. The Morgan fingerprint density at radius 3 is 2.61 bits per heavy atom. The number of nitrogens with one attached hydrogen (secondary N) is 1. The molecule has 144 valence electrons. The zero-order valence-corrected chi connectivity index (χ0v) is 16.2. The second-order valence-electron chi connectivity index (χ2n) is 6.64. The van der Waals surface area contributed by atoms with Crippen LogP contribution in [0.3, 0.4) is 0 Å². The fourth-order valence-electron chi connectivity index (χ4n) is 2.98. The van der Waals surface area contributed by atoms with Crippen LogP contribution in [0, 0.1) is 6.92 Å². The molecule has 1 atom stereocenters. The van der Waals surface area contributed by atoms with Gasteiger partial charge < -0.3 is 10.1 Å². The van der Waals surface area contributed by atoms with Crippen LogP contribution in [0.4, 0.5) is 0 Å². The lowest BCUT2D eigenvalue weighted by Crippen LogP contribution is -2.31. The van der Waals surface area contributed by atoms with Gasteiger partial charge >= 0.3 is 0 Å². The molecule has 0 saturated carbocycles. The van der Waals surface area contributed by atoms with Crippen LogP contribution in [-0.4, -0.2) is 22.8 Å². The molecule has 3 rings (SSSR count). The number of aromatic nitrogens is 2. The minimum Gasteiger partial charge on any atom is -0.496 e. The lowest BCUT2D eigenvalue weighted by Gasteiger charge is -2.18. The van der Waals surface area contributed by atoms with Crippen LogP contribution in [0.5, 0.6) is 5.75 Å². The van der Waals surface area contributed by atoms with E-state index in [2.05, 4.69) is 10.4 Å². The van der Waals surface area contributed by atoms with Crippen molar-refractivity contribution in [2.75, 3.05) is 7.11 Å². The molecule has 28 heavy (non-hydrogen) atoms. The largest absolute Gasteiger partial charge is 0.496 e. The third-order valence-corrected chi connectivity index (χ3v) is 4.47. The van der Waals surface area contributed by atoms with Crippen LogP contribution in [0.2, 0.25) is 0 Å². The predicted molar refractivity (Wildman–Crippen MR) is 108 cm³/mol. The molecule has 1 aromatic heterocycles. The van der Waals surface area contributed by atoms with Gasteiger partial charge in [0.2, 0.25) is 0 Å². The lowest BCUT2D eigenvalue weighted by molar-refractivity contribution is 0.0932. The molecule has 0 radical (unpaired) electrons. The van der Waals surface area contributed by atoms with Crippen LogP contribution in [-0.2, 0) is 6.54 Å². The standard InChI is InChI=1S/C22H23N3O3/c1-15-9-11-20(28-3)18(13-15)16(2)23-22(27)19-10-12-21(26)25(24-19)14-17-7-5-4-6-8-17/h4-13,16H,14H2,1-3H3,(H,23,27). The summed E-state index contributed by atoms with van der Waals surface area (Å²) in [4.78, 5) is 24.8. The number of nitrogens with zero attached hydrogens (tertiary/aromatic N) is 2. The Kier molecular flexibility index (Phi) is 5.89. The fraction of sp³-hybridized carbons (Fsp3) is 0.227. The highest BCUT2D eigenvalue weighted by Crippen LogP contribution is 2.26. The molecule has 0 aliphatic rings. The van der Waals surface area contributed by atoms with Crippen LogP contribution in [0.15, 0.2) is 65.5 Å². The molecule has 0 spiro atoms. The van der Waals surface area contributed by atoms with Gasteiger partial charge in [0.25, 0.3) is 11.5 Å². The Labute approximate surface area is 163 Å². The first-order valence-electron chi connectivity index (χ1n) is 9.05. The number of carbonyl (C=O) groups excluding carboxylic acids is 1. The summed E-state index contributed by atoms with van der Waals surface area (Å²) < 4.78 is 6.69. The monoisotopic (exact) mass is 377 g/mol. The highest BCUT2D eigenvalue weighted by molar-refractivity contribution is 5.92. The summed E-state index contributed by atoms with van der Waals surface area (Å²) in [5.41, 5.74) is 2.83. The van der Waals surface area contributed by atoms with E-state index < -0.39 is 0 Å². The Hall–Kier alpha value is -3.41. The van der Waals surface area contributed by atoms with Gasteiger partial charge in [-0.3, -0.25) is 9.59 Å². The molecule has 6 heteroatoms. The van der Waals surface area contributed by atoms with Crippen molar-refractivity contribution in [3.63, 3.8) is 0 Å². The van der Waals surface area contributed by atoms with Gasteiger partial charge in [-0.1, -0.05) is 48.0 Å². The Morgan fingerprint density at radius 1 is 1.14 bits per heavy atom. The van der Waals surface area contributed by atoms with E-state index in [-0.39, 0.29) is 23.2 Å². The van der Waals surface area contributed by atoms with E-state index >= 15 is 0 Å². The molecule has 0 bridgehead atoms. The van der Waals surface area contributed by atoms with Gasteiger partial charge in [-0.05, 0) is 31.5 Å². The van der Waals surface area contributed by atoms with E-state index in [0.29, 0.717) is 12.3 Å². The third-order valence-electron chi connectivity index (χ3n) is 4.47. The van der Waals surface area contributed by atoms with Gasteiger partial charge in [-0.25, -0.2) is 4.68 Å². The maximum absolute atomic E-state index is 12.7. The number of amides is 1. The number of carbonyl (C=O) groups is 1. The van der Waals surface area contributed by atoms with E-state index in [1.807, 2.05) is 62.4 Å². The lowest BCUT2D eigenvalue weighted by atomic mass is 10.0. The van der Waals surface area contributed by atoms with Gasteiger partial charge in [-0.15, -0.1) is 0 Å². The molecule has 3 aromatic rings.